The molecule has 0 heterocycles. The third-order valence-electron chi connectivity index (χ3n) is 0. The van der Waals surface area contributed by atoms with Crippen molar-refractivity contribution in [2.24, 2.45) is 0 Å². The second kappa shape index (κ2) is 64.9. The molecule has 0 N–H and O–H groups in total. The molecule has 8 heteroatoms. The SMILES string of the molecule is [Cr].[Cr].[Cr].[Cr].[Cr].[Ge].[Ge].[Ge]. The van der Waals surface area contributed by atoms with E-state index in [0.29, 0.717) is 0 Å². The van der Waals surface area contributed by atoms with Crippen molar-refractivity contribution in [3.63, 3.8) is 0 Å². The Morgan fingerprint density at radius 2 is 0.250 bits per heavy atom. The second-order valence-corrected chi connectivity index (χ2v) is 0. The maximum Gasteiger partial charge on any atom is 0 e. The predicted octanol–water partition coefficient (Wildman–Crippen LogP) is -1.15. The predicted molar refractivity (Wildman–Crippen MR) is 17.3 cm³/mol. The molecule has 0 aromatic rings. The minimum atomic E-state index is 0. The largest absolute Gasteiger partial charge is 0 e. The molecule has 0 bridgehead atoms. The van der Waals surface area contributed by atoms with Crippen molar-refractivity contribution >= 4 is 52.8 Å². The summed E-state index contributed by atoms with van der Waals surface area (Å²) < 4.78 is 0. The summed E-state index contributed by atoms with van der Waals surface area (Å²) in [6.07, 6.45) is 0. The van der Waals surface area contributed by atoms with E-state index in [9.17, 15) is 0 Å². The third kappa shape index (κ3) is 48.2. The fourth-order valence-electron chi connectivity index (χ4n) is 0. The number of hydrogen-bond acceptors (Lipinski definition) is 0. The van der Waals surface area contributed by atoms with Gasteiger partial charge in [-0.1, -0.05) is 0 Å². The van der Waals surface area contributed by atoms with Crippen molar-refractivity contribution in [2.75, 3.05) is 0 Å². The van der Waals surface area contributed by atoms with Crippen LogP contribution in [0.3, 0.4) is 0 Å². The van der Waals surface area contributed by atoms with E-state index in [1.807, 2.05) is 0 Å². The van der Waals surface area contributed by atoms with E-state index < -0.39 is 0 Å². The molecule has 0 atom stereocenters. The maximum absolute atomic E-state index is 0. The zero-order valence-electron chi connectivity index (χ0n) is 3.54. The van der Waals surface area contributed by atoms with Crippen molar-refractivity contribution < 1.29 is 86.8 Å². The smallest absolute Gasteiger partial charge is 0 e. The standard InChI is InChI=1S/5Cr.3Ge. The van der Waals surface area contributed by atoms with E-state index in [2.05, 4.69) is 0 Å². The van der Waals surface area contributed by atoms with Crippen molar-refractivity contribution in [3.8, 4) is 0 Å². The average Bonchev–Trinajstić information content (AvgIpc) is 0. The normalized spacial score (nSPS) is 0. The third-order valence-corrected chi connectivity index (χ3v) is 0. The Morgan fingerprint density at radius 3 is 0.250 bits per heavy atom. The summed E-state index contributed by atoms with van der Waals surface area (Å²) in [7, 11) is 0. The first-order valence-corrected chi connectivity index (χ1v) is 0. The van der Waals surface area contributed by atoms with Crippen LogP contribution in [0, 0.1) is 0 Å². The number of rotatable bonds is 0. The van der Waals surface area contributed by atoms with Gasteiger partial charge in [0.1, 0.15) is 0 Å². The molecule has 0 saturated carbocycles. The molecule has 0 unspecified atom stereocenters. The molecule has 0 rings (SSSR count). The summed E-state index contributed by atoms with van der Waals surface area (Å²) in [5.74, 6) is 0. The molecule has 0 fully saturated rings. The van der Waals surface area contributed by atoms with Crippen molar-refractivity contribution in [1.82, 2.24) is 0 Å². The van der Waals surface area contributed by atoms with Crippen LogP contribution in [0.25, 0.3) is 0 Å². The Bertz CT molecular complexity index is 7.64. The van der Waals surface area contributed by atoms with E-state index >= 15 is 0 Å². The van der Waals surface area contributed by atoms with Gasteiger partial charge in [-0.25, -0.2) is 0 Å². The van der Waals surface area contributed by atoms with Crippen LogP contribution in [0.15, 0.2) is 0 Å². The molecule has 0 aliphatic carbocycles. The topological polar surface area (TPSA) is 0 Å². The van der Waals surface area contributed by atoms with Crippen LogP contribution in [-0.2, 0) is 86.8 Å². The summed E-state index contributed by atoms with van der Waals surface area (Å²) in [6.45, 7) is 0. The molecule has 0 saturated heterocycles. The summed E-state index contributed by atoms with van der Waals surface area (Å²) in [5.41, 5.74) is 0. The van der Waals surface area contributed by atoms with Crippen LogP contribution >= 0.6 is 0 Å². The fraction of sp³-hybridized carbons (Fsp3) is 0. The van der Waals surface area contributed by atoms with E-state index in [4.69, 9.17) is 0 Å². The molecule has 42 valence electrons. The Labute approximate surface area is 137 Å². The van der Waals surface area contributed by atoms with Crippen LogP contribution in [0.5, 0.6) is 0 Å². The Balaban J connectivity index is 0. The molecule has 0 amide bonds. The maximum atomic E-state index is 0. The minimum absolute atomic E-state index is 0. The average molecular weight is 478 g/mol. The molecule has 12 radical (unpaired) electrons. The van der Waals surface area contributed by atoms with Gasteiger partial charge in [0, 0.05) is 140 Å². The van der Waals surface area contributed by atoms with Gasteiger partial charge >= 0.3 is 0 Å². The van der Waals surface area contributed by atoms with Crippen LogP contribution in [0.1, 0.15) is 0 Å². The van der Waals surface area contributed by atoms with Gasteiger partial charge in [0.15, 0.2) is 0 Å². The molecule has 0 aliphatic heterocycles. The molecule has 8 heavy (non-hydrogen) atoms. The van der Waals surface area contributed by atoms with Crippen LogP contribution in [0.4, 0.5) is 0 Å². The molecule has 0 aliphatic rings. The minimum Gasteiger partial charge on any atom is 0 e. The number of hydrogen-bond donors (Lipinski definition) is 0. The van der Waals surface area contributed by atoms with Crippen molar-refractivity contribution in [2.45, 2.75) is 0 Å². The molecular weight excluding hydrogens is 478 g/mol. The van der Waals surface area contributed by atoms with Gasteiger partial charge < -0.3 is 0 Å². The summed E-state index contributed by atoms with van der Waals surface area (Å²) in [6, 6.07) is 0. The van der Waals surface area contributed by atoms with E-state index in [1.54, 1.807) is 0 Å². The Hall–Kier alpha value is 4.29. The summed E-state index contributed by atoms with van der Waals surface area (Å²) in [5, 5.41) is 0. The molecule has 0 aromatic carbocycles. The van der Waals surface area contributed by atoms with E-state index in [-0.39, 0.29) is 140 Å². The first-order valence-electron chi connectivity index (χ1n) is 0. The zero-order chi connectivity index (χ0) is 0. The van der Waals surface area contributed by atoms with Gasteiger partial charge in [-0.05, 0) is 0 Å². The monoisotopic (exact) mass is 481 g/mol. The van der Waals surface area contributed by atoms with Gasteiger partial charge in [0.2, 0.25) is 0 Å². The van der Waals surface area contributed by atoms with Crippen LogP contribution in [0.2, 0.25) is 0 Å². The van der Waals surface area contributed by atoms with Gasteiger partial charge in [-0.2, -0.15) is 0 Å². The Morgan fingerprint density at radius 1 is 0.250 bits per heavy atom. The molecular formula is Cr5Ge3. The van der Waals surface area contributed by atoms with E-state index in [1.165, 1.54) is 0 Å². The van der Waals surface area contributed by atoms with Crippen LogP contribution in [-0.4, -0.2) is 52.8 Å². The summed E-state index contributed by atoms with van der Waals surface area (Å²) in [4.78, 5) is 0. The Kier molecular flexibility index (Phi) is 691. The molecule has 0 aromatic heterocycles. The van der Waals surface area contributed by atoms with Gasteiger partial charge in [0.25, 0.3) is 0 Å². The first kappa shape index (κ1) is 85.1. The summed E-state index contributed by atoms with van der Waals surface area (Å²) >= 11 is 0. The van der Waals surface area contributed by atoms with Crippen LogP contribution < -0.4 is 0 Å². The molecule has 0 spiro atoms. The van der Waals surface area contributed by atoms with E-state index in [0.717, 1.165) is 0 Å². The quantitative estimate of drug-likeness (QED) is 0.387. The first-order chi connectivity index (χ1) is 0. The van der Waals surface area contributed by atoms with Gasteiger partial charge in [0.05, 0.1) is 0 Å². The van der Waals surface area contributed by atoms with Crippen molar-refractivity contribution in [3.05, 3.63) is 0 Å². The second-order valence-electron chi connectivity index (χ2n) is 0. The van der Waals surface area contributed by atoms with Crippen molar-refractivity contribution in [1.29, 1.82) is 0 Å². The molecule has 0 nitrogen and oxygen atoms in total. The zero-order valence-corrected chi connectivity index (χ0v) is 16.2. The fourth-order valence-corrected chi connectivity index (χ4v) is 0. The van der Waals surface area contributed by atoms with Gasteiger partial charge in [-0.3, -0.25) is 0 Å². The van der Waals surface area contributed by atoms with Gasteiger partial charge in [-0.15, -0.1) is 0 Å².